The van der Waals surface area contributed by atoms with Crippen LogP contribution in [0.15, 0.2) is 72.8 Å². The Morgan fingerprint density at radius 3 is 2.50 bits per heavy atom. The van der Waals surface area contributed by atoms with Crippen molar-refractivity contribution in [1.82, 2.24) is 19.9 Å². The van der Waals surface area contributed by atoms with Crippen molar-refractivity contribution < 1.29 is 8.78 Å². The Labute approximate surface area is 220 Å². The normalized spacial score (nSPS) is 11.1. The van der Waals surface area contributed by atoms with Crippen LogP contribution in [0.4, 0.5) is 31.7 Å². The summed E-state index contributed by atoms with van der Waals surface area (Å²) in [6.45, 7) is 12.6. The number of benzene rings is 1. The number of hydrogen-bond acceptors (Lipinski definition) is 7. The van der Waals surface area contributed by atoms with Gasteiger partial charge in [-0.15, -0.1) is 0 Å². The third-order valence-electron chi connectivity index (χ3n) is 5.77. The number of pyridine rings is 2. The van der Waals surface area contributed by atoms with Crippen LogP contribution in [0.3, 0.4) is 0 Å². The van der Waals surface area contributed by atoms with Crippen molar-refractivity contribution in [2.75, 3.05) is 10.6 Å². The molecule has 0 bridgehead atoms. The first kappa shape index (κ1) is 26.5. The van der Waals surface area contributed by atoms with E-state index < -0.39 is 5.92 Å². The zero-order chi connectivity index (χ0) is 27.4. The SMILES string of the molecule is C=C(Nc1ccc(C)c(Nc2ncccc2-c2ncnc(C)c2N=C(C)C)c1)c1cc(C(C)(F)F)ccn1. The van der Waals surface area contributed by atoms with Crippen molar-refractivity contribution in [2.45, 2.75) is 40.5 Å². The zero-order valence-electron chi connectivity index (χ0n) is 22.0. The molecular weight excluding hydrogens is 484 g/mol. The van der Waals surface area contributed by atoms with Crippen LogP contribution in [0.2, 0.25) is 0 Å². The molecule has 3 aromatic heterocycles. The molecule has 7 nitrogen and oxygen atoms in total. The third kappa shape index (κ3) is 6.05. The first-order chi connectivity index (χ1) is 18.0. The first-order valence-corrected chi connectivity index (χ1v) is 12.0. The fourth-order valence-electron chi connectivity index (χ4n) is 3.79. The van der Waals surface area contributed by atoms with Gasteiger partial charge in [-0.2, -0.15) is 0 Å². The van der Waals surface area contributed by atoms with Crippen LogP contribution in [0.1, 0.15) is 43.3 Å². The molecule has 4 rings (SSSR count). The van der Waals surface area contributed by atoms with Crippen LogP contribution < -0.4 is 10.6 Å². The predicted octanol–water partition coefficient (Wildman–Crippen LogP) is 7.60. The number of rotatable bonds is 8. The minimum Gasteiger partial charge on any atom is -0.354 e. The molecule has 0 spiro atoms. The van der Waals surface area contributed by atoms with Gasteiger partial charge in [0.25, 0.3) is 5.92 Å². The van der Waals surface area contributed by atoms with Crippen LogP contribution in [-0.2, 0) is 5.92 Å². The topological polar surface area (TPSA) is 88.0 Å². The van der Waals surface area contributed by atoms with Gasteiger partial charge in [-0.3, -0.25) is 9.98 Å². The van der Waals surface area contributed by atoms with E-state index in [4.69, 9.17) is 0 Å². The Kier molecular flexibility index (Phi) is 7.57. The number of halogens is 2. The summed E-state index contributed by atoms with van der Waals surface area (Å²) in [4.78, 5) is 22.3. The summed E-state index contributed by atoms with van der Waals surface area (Å²) in [5.74, 6) is -2.36. The smallest absolute Gasteiger partial charge is 0.270 e. The number of anilines is 3. The lowest BCUT2D eigenvalue weighted by atomic mass is 10.1. The van der Waals surface area contributed by atoms with Gasteiger partial charge in [0.15, 0.2) is 0 Å². The molecule has 2 N–H and O–H groups in total. The molecule has 0 unspecified atom stereocenters. The number of hydrogen-bond donors (Lipinski definition) is 2. The summed E-state index contributed by atoms with van der Waals surface area (Å²) in [6.07, 6.45) is 4.58. The maximum Gasteiger partial charge on any atom is 0.270 e. The maximum atomic E-state index is 13.8. The molecule has 0 fully saturated rings. The van der Waals surface area contributed by atoms with Crippen LogP contribution in [0.5, 0.6) is 0 Å². The Balaban J connectivity index is 1.65. The van der Waals surface area contributed by atoms with Gasteiger partial charge < -0.3 is 10.6 Å². The molecule has 0 saturated heterocycles. The lowest BCUT2D eigenvalue weighted by Gasteiger charge is -2.17. The number of aromatic nitrogens is 4. The number of nitrogens with one attached hydrogen (secondary N) is 2. The number of aliphatic imine (C=N–C) groups is 1. The summed E-state index contributed by atoms with van der Waals surface area (Å²) in [5.41, 5.74) is 6.90. The summed E-state index contributed by atoms with van der Waals surface area (Å²) in [5, 5.41) is 6.59. The number of nitrogens with zero attached hydrogens (tertiary/aromatic N) is 5. The van der Waals surface area contributed by atoms with Crippen molar-refractivity contribution in [3.05, 3.63) is 90.3 Å². The second-order valence-electron chi connectivity index (χ2n) is 9.19. The van der Waals surface area contributed by atoms with Crippen molar-refractivity contribution >= 4 is 34.3 Å². The first-order valence-electron chi connectivity index (χ1n) is 12.0. The lowest BCUT2D eigenvalue weighted by molar-refractivity contribution is 0.0173. The van der Waals surface area contributed by atoms with Gasteiger partial charge in [0, 0.05) is 47.5 Å². The van der Waals surface area contributed by atoms with Gasteiger partial charge in [-0.1, -0.05) is 12.6 Å². The van der Waals surface area contributed by atoms with E-state index in [0.29, 0.717) is 34.3 Å². The van der Waals surface area contributed by atoms with E-state index in [9.17, 15) is 8.78 Å². The molecule has 0 amide bonds. The van der Waals surface area contributed by atoms with Gasteiger partial charge in [0.05, 0.1) is 17.1 Å². The molecule has 9 heteroatoms. The monoisotopic (exact) mass is 513 g/mol. The Morgan fingerprint density at radius 1 is 0.974 bits per heavy atom. The largest absolute Gasteiger partial charge is 0.354 e. The maximum absolute atomic E-state index is 13.8. The van der Waals surface area contributed by atoms with Gasteiger partial charge in [0.2, 0.25) is 0 Å². The second-order valence-corrected chi connectivity index (χ2v) is 9.19. The molecule has 0 aliphatic heterocycles. The Bertz CT molecular complexity index is 1520. The van der Waals surface area contributed by atoms with E-state index in [0.717, 1.165) is 35.1 Å². The van der Waals surface area contributed by atoms with E-state index in [1.165, 1.54) is 24.7 Å². The van der Waals surface area contributed by atoms with Crippen molar-refractivity contribution in [3.8, 4) is 11.3 Å². The van der Waals surface area contributed by atoms with E-state index in [1.807, 2.05) is 58.0 Å². The lowest BCUT2D eigenvalue weighted by Crippen LogP contribution is -2.09. The average Bonchev–Trinajstić information content (AvgIpc) is 2.87. The highest BCUT2D eigenvalue weighted by molar-refractivity contribution is 5.89. The molecule has 0 saturated carbocycles. The van der Waals surface area contributed by atoms with Crippen molar-refractivity contribution in [3.63, 3.8) is 0 Å². The molecule has 1 aromatic carbocycles. The van der Waals surface area contributed by atoms with Crippen LogP contribution >= 0.6 is 0 Å². The highest BCUT2D eigenvalue weighted by Gasteiger charge is 2.25. The Hall–Kier alpha value is -4.53. The molecular formula is C29H29F2N7. The van der Waals surface area contributed by atoms with Gasteiger partial charge in [0.1, 0.15) is 23.5 Å². The second kappa shape index (κ2) is 10.8. The molecule has 194 valence electrons. The van der Waals surface area contributed by atoms with E-state index in [1.54, 1.807) is 6.20 Å². The molecule has 0 atom stereocenters. The highest BCUT2D eigenvalue weighted by atomic mass is 19.3. The molecule has 3 heterocycles. The minimum atomic E-state index is -2.97. The standard InChI is InChI=1S/C29H29F2N7/c1-17(2)36-26-20(5)34-16-35-27(26)23-8-7-12-33-28(23)38-24-15-22(10-9-18(24)3)37-19(4)25-14-21(11-13-32-25)29(6,30)31/h7-16,37H,4H2,1-3,5-6H3,(H,33,38). The van der Waals surface area contributed by atoms with Crippen molar-refractivity contribution in [2.24, 2.45) is 4.99 Å². The summed E-state index contributed by atoms with van der Waals surface area (Å²) >= 11 is 0. The van der Waals surface area contributed by atoms with Gasteiger partial charge in [-0.05, 0) is 69.7 Å². The van der Waals surface area contributed by atoms with Crippen molar-refractivity contribution in [1.29, 1.82) is 0 Å². The van der Waals surface area contributed by atoms with E-state index in [2.05, 4.69) is 42.1 Å². The third-order valence-corrected chi connectivity index (χ3v) is 5.77. The minimum absolute atomic E-state index is 0.124. The van der Waals surface area contributed by atoms with E-state index in [-0.39, 0.29) is 5.56 Å². The van der Waals surface area contributed by atoms with Gasteiger partial charge in [-0.25, -0.2) is 23.7 Å². The molecule has 0 aliphatic rings. The fourth-order valence-corrected chi connectivity index (χ4v) is 3.79. The van der Waals surface area contributed by atoms with Crippen LogP contribution in [0.25, 0.3) is 17.0 Å². The van der Waals surface area contributed by atoms with Gasteiger partial charge >= 0.3 is 0 Å². The average molecular weight is 514 g/mol. The molecule has 38 heavy (non-hydrogen) atoms. The molecule has 0 radical (unpaired) electrons. The summed E-state index contributed by atoms with van der Waals surface area (Å²) in [7, 11) is 0. The quantitative estimate of drug-likeness (QED) is 0.236. The fraction of sp³-hybridized carbons (Fsp3) is 0.207. The molecule has 4 aromatic rings. The van der Waals surface area contributed by atoms with Crippen LogP contribution in [-0.4, -0.2) is 25.6 Å². The summed E-state index contributed by atoms with van der Waals surface area (Å²) < 4.78 is 27.6. The van der Waals surface area contributed by atoms with Crippen LogP contribution in [0, 0.1) is 13.8 Å². The summed E-state index contributed by atoms with van der Waals surface area (Å²) in [6, 6.07) is 12.1. The predicted molar refractivity (Wildman–Crippen MR) is 149 cm³/mol. The zero-order valence-corrected chi connectivity index (χ0v) is 22.0. The Morgan fingerprint density at radius 2 is 1.76 bits per heavy atom. The van der Waals surface area contributed by atoms with E-state index >= 15 is 0 Å². The number of aryl methyl sites for hydroxylation is 2. The molecule has 0 aliphatic carbocycles. The highest BCUT2D eigenvalue weighted by Crippen LogP contribution is 2.36. The number of alkyl halides is 2.